The minimum absolute atomic E-state index is 0.131. The zero-order valence-corrected chi connectivity index (χ0v) is 11.7. The summed E-state index contributed by atoms with van der Waals surface area (Å²) >= 11 is 5.99. The molecule has 0 fully saturated rings. The maximum Gasteiger partial charge on any atom is 0.124 e. The van der Waals surface area contributed by atoms with Crippen LogP contribution in [0.15, 0.2) is 42.5 Å². The Morgan fingerprint density at radius 1 is 1.16 bits per heavy atom. The van der Waals surface area contributed by atoms with Crippen LogP contribution >= 0.6 is 11.6 Å². The van der Waals surface area contributed by atoms with Crippen LogP contribution in [0.2, 0.25) is 5.02 Å². The number of hydrogen-bond acceptors (Lipinski definition) is 3. The largest absolute Gasteiger partial charge is 0.496 e. The number of benzene rings is 2. The highest BCUT2D eigenvalue weighted by molar-refractivity contribution is 6.30. The molecule has 4 heteroatoms. The summed E-state index contributed by atoms with van der Waals surface area (Å²) in [5.74, 6) is 6.53. The Bertz CT molecular complexity index is 572. The smallest absolute Gasteiger partial charge is 0.124 e. The van der Waals surface area contributed by atoms with E-state index < -0.39 is 0 Å². The molecule has 0 saturated carbocycles. The number of ether oxygens (including phenoxy) is 1. The molecule has 0 heterocycles. The minimum Gasteiger partial charge on any atom is -0.496 e. The summed E-state index contributed by atoms with van der Waals surface area (Å²) in [7, 11) is 1.65. The monoisotopic (exact) mass is 276 g/mol. The molecule has 0 aliphatic carbocycles. The van der Waals surface area contributed by atoms with E-state index in [1.165, 1.54) is 0 Å². The first-order valence-electron chi connectivity index (χ1n) is 6.02. The van der Waals surface area contributed by atoms with Crippen LogP contribution in [0.1, 0.15) is 22.7 Å². The van der Waals surface area contributed by atoms with Crippen LogP contribution < -0.4 is 16.0 Å². The summed E-state index contributed by atoms with van der Waals surface area (Å²) in [6, 6.07) is 13.5. The Balaban J connectivity index is 2.50. The van der Waals surface area contributed by atoms with Gasteiger partial charge in [0.25, 0.3) is 0 Å². The second-order valence-electron chi connectivity index (χ2n) is 4.34. The lowest BCUT2D eigenvalue weighted by Gasteiger charge is -2.21. The topological polar surface area (TPSA) is 47.3 Å². The van der Waals surface area contributed by atoms with Gasteiger partial charge in [-0.15, -0.1) is 0 Å². The maximum absolute atomic E-state index is 5.99. The Labute approximate surface area is 118 Å². The summed E-state index contributed by atoms with van der Waals surface area (Å²) in [5.41, 5.74) is 6.01. The fraction of sp³-hybridized carbons (Fsp3) is 0.200. The van der Waals surface area contributed by atoms with Gasteiger partial charge < -0.3 is 4.74 Å². The van der Waals surface area contributed by atoms with Gasteiger partial charge in [0.1, 0.15) is 5.75 Å². The summed E-state index contributed by atoms with van der Waals surface area (Å²) in [6.45, 7) is 2.01. The molecule has 2 aromatic rings. The van der Waals surface area contributed by atoms with Crippen molar-refractivity contribution < 1.29 is 4.74 Å². The highest BCUT2D eigenvalue weighted by Gasteiger charge is 2.18. The van der Waals surface area contributed by atoms with E-state index in [-0.39, 0.29) is 6.04 Å². The molecule has 0 amide bonds. The fourth-order valence-corrected chi connectivity index (χ4v) is 2.44. The molecular formula is C15H17ClN2O. The van der Waals surface area contributed by atoms with Crippen LogP contribution in [0.3, 0.4) is 0 Å². The second-order valence-corrected chi connectivity index (χ2v) is 4.78. The molecule has 0 aliphatic rings. The van der Waals surface area contributed by atoms with E-state index in [0.717, 1.165) is 27.5 Å². The van der Waals surface area contributed by atoms with E-state index in [2.05, 4.69) is 5.43 Å². The van der Waals surface area contributed by atoms with Gasteiger partial charge in [0, 0.05) is 10.6 Å². The van der Waals surface area contributed by atoms with Gasteiger partial charge in [-0.05, 0) is 36.2 Å². The van der Waals surface area contributed by atoms with E-state index in [0.29, 0.717) is 0 Å². The van der Waals surface area contributed by atoms with Gasteiger partial charge in [-0.3, -0.25) is 5.84 Å². The number of para-hydroxylation sites is 1. The second kappa shape index (κ2) is 6.06. The molecule has 19 heavy (non-hydrogen) atoms. The zero-order chi connectivity index (χ0) is 13.8. The predicted molar refractivity (Wildman–Crippen MR) is 78.3 cm³/mol. The van der Waals surface area contributed by atoms with E-state index in [4.69, 9.17) is 22.2 Å². The maximum atomic E-state index is 5.99. The molecule has 100 valence electrons. The van der Waals surface area contributed by atoms with Crippen LogP contribution in [0.4, 0.5) is 0 Å². The Hall–Kier alpha value is -1.55. The SMILES string of the molecule is COc1ccccc1C(NN)c1ccc(Cl)cc1C. The molecule has 2 rings (SSSR count). The van der Waals surface area contributed by atoms with Crippen molar-refractivity contribution in [3.63, 3.8) is 0 Å². The van der Waals surface area contributed by atoms with Crippen molar-refractivity contribution in [1.29, 1.82) is 0 Å². The average Bonchev–Trinajstić information content (AvgIpc) is 2.42. The van der Waals surface area contributed by atoms with Crippen molar-refractivity contribution in [3.8, 4) is 5.75 Å². The highest BCUT2D eigenvalue weighted by Crippen LogP contribution is 2.31. The van der Waals surface area contributed by atoms with Gasteiger partial charge in [0.15, 0.2) is 0 Å². The van der Waals surface area contributed by atoms with Crippen molar-refractivity contribution in [2.24, 2.45) is 5.84 Å². The Morgan fingerprint density at radius 3 is 2.53 bits per heavy atom. The van der Waals surface area contributed by atoms with Crippen LogP contribution in [0.25, 0.3) is 0 Å². The quantitative estimate of drug-likeness (QED) is 0.666. The van der Waals surface area contributed by atoms with Gasteiger partial charge in [-0.25, -0.2) is 5.43 Å². The summed E-state index contributed by atoms with van der Waals surface area (Å²) in [6.07, 6.45) is 0. The third-order valence-electron chi connectivity index (χ3n) is 3.16. The summed E-state index contributed by atoms with van der Waals surface area (Å²) < 4.78 is 5.39. The number of methoxy groups -OCH3 is 1. The Morgan fingerprint density at radius 2 is 1.89 bits per heavy atom. The minimum atomic E-state index is -0.131. The highest BCUT2D eigenvalue weighted by atomic mass is 35.5. The lowest BCUT2D eigenvalue weighted by atomic mass is 9.95. The van der Waals surface area contributed by atoms with E-state index in [9.17, 15) is 0 Å². The zero-order valence-electron chi connectivity index (χ0n) is 11.0. The van der Waals surface area contributed by atoms with E-state index >= 15 is 0 Å². The molecule has 3 nitrogen and oxygen atoms in total. The molecule has 0 aromatic heterocycles. The number of nitrogens with one attached hydrogen (secondary N) is 1. The fourth-order valence-electron chi connectivity index (χ4n) is 2.22. The molecule has 3 N–H and O–H groups in total. The number of nitrogens with two attached hydrogens (primary N) is 1. The first-order valence-corrected chi connectivity index (χ1v) is 6.40. The summed E-state index contributed by atoms with van der Waals surface area (Å²) in [5, 5.41) is 0.719. The molecular weight excluding hydrogens is 260 g/mol. The van der Waals surface area contributed by atoms with Gasteiger partial charge >= 0.3 is 0 Å². The number of aryl methyl sites for hydroxylation is 1. The van der Waals surface area contributed by atoms with Crippen molar-refractivity contribution in [3.05, 3.63) is 64.2 Å². The number of hydrogen-bond donors (Lipinski definition) is 2. The molecule has 1 unspecified atom stereocenters. The van der Waals surface area contributed by atoms with Crippen molar-refractivity contribution in [1.82, 2.24) is 5.43 Å². The summed E-state index contributed by atoms with van der Waals surface area (Å²) in [4.78, 5) is 0. The van der Waals surface area contributed by atoms with Crippen LogP contribution in [-0.4, -0.2) is 7.11 Å². The molecule has 1 atom stereocenters. The van der Waals surface area contributed by atoms with Gasteiger partial charge in [-0.1, -0.05) is 35.9 Å². The van der Waals surface area contributed by atoms with E-state index in [1.54, 1.807) is 7.11 Å². The van der Waals surface area contributed by atoms with Crippen LogP contribution in [-0.2, 0) is 0 Å². The molecule has 2 aromatic carbocycles. The Kier molecular flexibility index (Phi) is 4.43. The molecule has 0 aliphatic heterocycles. The lowest BCUT2D eigenvalue weighted by Crippen LogP contribution is -2.29. The van der Waals surface area contributed by atoms with Crippen molar-refractivity contribution in [2.45, 2.75) is 13.0 Å². The number of hydrazine groups is 1. The van der Waals surface area contributed by atoms with Crippen LogP contribution in [0.5, 0.6) is 5.75 Å². The standard InChI is InChI=1S/C15H17ClN2O/c1-10-9-11(16)7-8-12(10)15(18-17)13-5-3-4-6-14(13)19-2/h3-9,15,18H,17H2,1-2H3. The van der Waals surface area contributed by atoms with Crippen molar-refractivity contribution in [2.75, 3.05) is 7.11 Å². The average molecular weight is 277 g/mol. The van der Waals surface area contributed by atoms with Gasteiger partial charge in [0.2, 0.25) is 0 Å². The third kappa shape index (κ3) is 2.89. The predicted octanol–water partition coefficient (Wildman–Crippen LogP) is 3.21. The molecule has 0 bridgehead atoms. The first kappa shape index (κ1) is 13.9. The third-order valence-corrected chi connectivity index (χ3v) is 3.39. The van der Waals surface area contributed by atoms with Gasteiger partial charge in [0.05, 0.1) is 13.2 Å². The first-order chi connectivity index (χ1) is 9.17. The van der Waals surface area contributed by atoms with E-state index in [1.807, 2.05) is 49.4 Å². The molecule has 0 spiro atoms. The van der Waals surface area contributed by atoms with Gasteiger partial charge in [-0.2, -0.15) is 0 Å². The molecule has 0 saturated heterocycles. The normalized spacial score (nSPS) is 12.2. The lowest BCUT2D eigenvalue weighted by molar-refractivity contribution is 0.404. The van der Waals surface area contributed by atoms with Crippen LogP contribution in [0, 0.1) is 6.92 Å². The number of rotatable bonds is 4. The number of halogens is 1. The molecule has 0 radical (unpaired) electrons. The van der Waals surface area contributed by atoms with Crippen molar-refractivity contribution >= 4 is 11.6 Å².